The molecule has 0 aromatic carbocycles. The topological polar surface area (TPSA) is 29.1 Å². The van der Waals surface area contributed by atoms with Crippen molar-refractivity contribution >= 4 is 17.7 Å². The first-order chi connectivity index (χ1) is 8.55. The minimum atomic E-state index is -2.51. The molecule has 18 heavy (non-hydrogen) atoms. The lowest BCUT2D eigenvalue weighted by atomic mass is 9.92. The zero-order valence-electron chi connectivity index (χ0n) is 10.6. The largest absolute Gasteiger partial charge is 0.353 e. The molecule has 2 saturated carbocycles. The normalized spacial score (nSPS) is 25.2. The number of alkyl halides is 2. The lowest BCUT2D eigenvalue weighted by molar-refractivity contribution is -0.120. The molecule has 2 fully saturated rings. The molecule has 0 bridgehead atoms. The van der Waals surface area contributed by atoms with Crippen molar-refractivity contribution < 1.29 is 13.6 Å². The van der Waals surface area contributed by atoms with Gasteiger partial charge in [0.25, 0.3) is 0 Å². The molecular weight excluding hydrogens is 256 g/mol. The summed E-state index contributed by atoms with van der Waals surface area (Å²) in [7, 11) is 0. The molecule has 0 aliphatic heterocycles. The van der Waals surface area contributed by atoms with Gasteiger partial charge in [-0.1, -0.05) is 12.8 Å². The number of carbonyl (C=O) groups is 1. The van der Waals surface area contributed by atoms with Gasteiger partial charge in [0.05, 0.1) is 5.75 Å². The molecule has 2 aliphatic carbocycles. The van der Waals surface area contributed by atoms with Gasteiger partial charge in [-0.15, -0.1) is 11.8 Å². The lowest BCUT2D eigenvalue weighted by Crippen LogP contribution is -2.41. The Morgan fingerprint density at radius 2 is 1.78 bits per heavy atom. The van der Waals surface area contributed by atoms with Crippen molar-refractivity contribution in [2.75, 3.05) is 5.75 Å². The molecular formula is C13H21F2NOS. The maximum atomic E-state index is 13.0. The van der Waals surface area contributed by atoms with Crippen molar-refractivity contribution in [3.63, 3.8) is 0 Å². The number of hydrogen-bond donors (Lipinski definition) is 1. The van der Waals surface area contributed by atoms with Crippen LogP contribution in [0.2, 0.25) is 0 Å². The zero-order valence-corrected chi connectivity index (χ0v) is 11.4. The lowest BCUT2D eigenvalue weighted by Gasteiger charge is -2.28. The van der Waals surface area contributed by atoms with Gasteiger partial charge in [0.1, 0.15) is 0 Å². The van der Waals surface area contributed by atoms with Crippen LogP contribution in [0.3, 0.4) is 0 Å². The monoisotopic (exact) mass is 277 g/mol. The van der Waals surface area contributed by atoms with E-state index in [9.17, 15) is 13.6 Å². The van der Waals surface area contributed by atoms with Crippen LogP contribution in [0.15, 0.2) is 0 Å². The Hall–Kier alpha value is -0.320. The number of nitrogens with one attached hydrogen (secondary N) is 1. The molecule has 2 rings (SSSR count). The Labute approximate surface area is 111 Å². The average Bonchev–Trinajstić information content (AvgIpc) is 2.82. The second-order valence-corrected chi connectivity index (χ2v) is 6.70. The predicted molar refractivity (Wildman–Crippen MR) is 70.1 cm³/mol. The maximum absolute atomic E-state index is 13.0. The molecule has 0 aromatic rings. The van der Waals surface area contributed by atoms with E-state index in [2.05, 4.69) is 5.32 Å². The minimum Gasteiger partial charge on any atom is -0.353 e. The van der Waals surface area contributed by atoms with Crippen molar-refractivity contribution in [1.29, 1.82) is 0 Å². The Morgan fingerprint density at radius 1 is 1.17 bits per heavy atom. The fourth-order valence-corrected chi connectivity index (χ4v) is 3.84. The van der Waals surface area contributed by atoms with Crippen LogP contribution in [-0.2, 0) is 4.79 Å². The molecule has 2 aliphatic rings. The fraction of sp³-hybridized carbons (Fsp3) is 0.923. The molecule has 0 aromatic heterocycles. The van der Waals surface area contributed by atoms with E-state index < -0.39 is 5.92 Å². The van der Waals surface area contributed by atoms with E-state index in [-0.39, 0.29) is 24.8 Å². The van der Waals surface area contributed by atoms with Gasteiger partial charge in [-0.3, -0.25) is 4.79 Å². The first-order valence-corrected chi connectivity index (χ1v) is 7.89. The highest BCUT2D eigenvalue weighted by Crippen LogP contribution is 2.33. The molecule has 5 heteroatoms. The van der Waals surface area contributed by atoms with Crippen LogP contribution in [0.4, 0.5) is 8.78 Å². The van der Waals surface area contributed by atoms with Crippen LogP contribution in [0, 0.1) is 0 Å². The summed E-state index contributed by atoms with van der Waals surface area (Å²) in [4.78, 5) is 11.7. The predicted octanol–water partition coefficient (Wildman–Crippen LogP) is 3.36. The highest BCUT2D eigenvalue weighted by atomic mass is 32.2. The van der Waals surface area contributed by atoms with E-state index in [1.807, 2.05) is 0 Å². The summed E-state index contributed by atoms with van der Waals surface area (Å²) >= 11 is 1.72. The molecule has 2 nitrogen and oxygen atoms in total. The molecule has 0 heterocycles. The van der Waals surface area contributed by atoms with Crippen molar-refractivity contribution in [2.24, 2.45) is 0 Å². The molecule has 0 atom stereocenters. The molecule has 0 radical (unpaired) electrons. The van der Waals surface area contributed by atoms with Crippen molar-refractivity contribution in [3.8, 4) is 0 Å². The summed E-state index contributed by atoms with van der Waals surface area (Å²) in [5.41, 5.74) is 0. The molecule has 1 amide bonds. The molecule has 0 unspecified atom stereocenters. The smallest absolute Gasteiger partial charge is 0.248 e. The molecule has 104 valence electrons. The zero-order chi connectivity index (χ0) is 13.0. The third-order valence-corrected chi connectivity index (χ3v) is 5.21. The van der Waals surface area contributed by atoms with Crippen molar-refractivity contribution in [2.45, 2.75) is 68.6 Å². The van der Waals surface area contributed by atoms with Crippen molar-refractivity contribution in [1.82, 2.24) is 5.32 Å². The third kappa shape index (κ3) is 4.41. The van der Waals surface area contributed by atoms with E-state index in [0.29, 0.717) is 23.8 Å². The van der Waals surface area contributed by atoms with Crippen molar-refractivity contribution in [3.05, 3.63) is 0 Å². The summed E-state index contributed by atoms with van der Waals surface area (Å²) in [6, 6.07) is -0.0405. The number of rotatable bonds is 4. The van der Waals surface area contributed by atoms with Gasteiger partial charge in [0.15, 0.2) is 0 Å². The Kier molecular flexibility index (Phi) is 4.87. The quantitative estimate of drug-likeness (QED) is 0.853. The van der Waals surface area contributed by atoms with Crippen LogP contribution in [-0.4, -0.2) is 28.9 Å². The van der Waals surface area contributed by atoms with Crippen LogP contribution >= 0.6 is 11.8 Å². The standard InChI is InChI=1S/C13H21F2NOS/c14-13(15)7-5-10(6-8-13)16-12(17)9-18-11-3-1-2-4-11/h10-11H,1-9H2,(H,16,17). The summed E-state index contributed by atoms with van der Waals surface area (Å²) in [6.45, 7) is 0. The highest BCUT2D eigenvalue weighted by Gasteiger charge is 2.35. The first-order valence-electron chi connectivity index (χ1n) is 6.84. The molecule has 0 spiro atoms. The maximum Gasteiger partial charge on any atom is 0.248 e. The number of halogens is 2. The SMILES string of the molecule is O=C(CSC1CCCC1)NC1CCC(F)(F)CC1. The van der Waals surface area contributed by atoms with E-state index in [1.54, 1.807) is 11.8 Å². The van der Waals surface area contributed by atoms with E-state index >= 15 is 0 Å². The Morgan fingerprint density at radius 3 is 2.39 bits per heavy atom. The number of carbonyl (C=O) groups excluding carboxylic acids is 1. The van der Waals surface area contributed by atoms with Crippen LogP contribution in [0.1, 0.15) is 51.4 Å². The Balaban J connectivity index is 1.62. The summed E-state index contributed by atoms with van der Waals surface area (Å²) in [5, 5.41) is 3.52. The highest BCUT2D eigenvalue weighted by molar-refractivity contribution is 8.00. The number of amides is 1. The van der Waals surface area contributed by atoms with E-state index in [0.717, 1.165) is 0 Å². The van der Waals surface area contributed by atoms with Gasteiger partial charge in [-0.25, -0.2) is 8.78 Å². The second-order valence-electron chi connectivity index (χ2n) is 5.42. The summed E-state index contributed by atoms with van der Waals surface area (Å²) in [5.74, 6) is -2.01. The minimum absolute atomic E-state index is 0.0158. The molecule has 1 N–H and O–H groups in total. The average molecular weight is 277 g/mol. The molecule has 0 saturated heterocycles. The third-order valence-electron chi connectivity index (χ3n) is 3.83. The number of hydrogen-bond acceptors (Lipinski definition) is 2. The van der Waals surface area contributed by atoms with Crippen LogP contribution in [0.5, 0.6) is 0 Å². The fourth-order valence-electron chi connectivity index (χ4n) is 2.70. The van der Waals surface area contributed by atoms with Gasteiger partial charge >= 0.3 is 0 Å². The Bertz CT molecular complexity index is 283. The summed E-state index contributed by atoms with van der Waals surface area (Å²) in [6.07, 6.45) is 5.62. The van der Waals surface area contributed by atoms with Gasteiger partial charge < -0.3 is 5.32 Å². The van der Waals surface area contributed by atoms with E-state index in [1.165, 1.54) is 25.7 Å². The first kappa shape index (κ1) is 14.1. The van der Waals surface area contributed by atoms with Gasteiger partial charge in [-0.2, -0.15) is 0 Å². The second kappa shape index (κ2) is 6.22. The summed E-state index contributed by atoms with van der Waals surface area (Å²) < 4.78 is 25.9. The van der Waals surface area contributed by atoms with Gasteiger partial charge in [0, 0.05) is 24.1 Å². The van der Waals surface area contributed by atoms with E-state index in [4.69, 9.17) is 0 Å². The van der Waals surface area contributed by atoms with Gasteiger partial charge in [-0.05, 0) is 25.7 Å². The van der Waals surface area contributed by atoms with Gasteiger partial charge in [0.2, 0.25) is 11.8 Å². The number of thioether (sulfide) groups is 1. The van der Waals surface area contributed by atoms with Crippen LogP contribution in [0.25, 0.3) is 0 Å². The van der Waals surface area contributed by atoms with Crippen LogP contribution < -0.4 is 5.32 Å².